The Morgan fingerprint density at radius 2 is 2.00 bits per heavy atom. The van der Waals surface area contributed by atoms with E-state index in [4.69, 9.17) is 15.9 Å². The molecule has 0 saturated carbocycles. The summed E-state index contributed by atoms with van der Waals surface area (Å²) in [6.07, 6.45) is 2.30. The maximum Gasteiger partial charge on any atom is 0.0957 e. The number of hydrogen-bond acceptors (Lipinski definition) is 2. The van der Waals surface area contributed by atoms with Crippen LogP contribution in [-0.2, 0) is 4.74 Å². The van der Waals surface area contributed by atoms with Crippen molar-refractivity contribution >= 4 is 5.84 Å². The van der Waals surface area contributed by atoms with Crippen LogP contribution in [0.1, 0.15) is 33.6 Å². The summed E-state index contributed by atoms with van der Waals surface area (Å²) in [6, 6.07) is 0. The fourth-order valence-electron chi connectivity index (χ4n) is 0.944. The van der Waals surface area contributed by atoms with Crippen molar-refractivity contribution in [3.63, 3.8) is 0 Å². The van der Waals surface area contributed by atoms with Gasteiger partial charge in [-0.2, -0.15) is 0 Å². The second-order valence-electron chi connectivity index (χ2n) is 3.97. The van der Waals surface area contributed by atoms with Gasteiger partial charge in [0.05, 0.1) is 12.4 Å². The van der Waals surface area contributed by atoms with Gasteiger partial charge in [-0.25, -0.2) is 0 Å². The summed E-state index contributed by atoms with van der Waals surface area (Å²) in [7, 11) is 0. The van der Waals surface area contributed by atoms with Crippen molar-refractivity contribution in [2.24, 2.45) is 17.6 Å². The van der Waals surface area contributed by atoms with Crippen molar-refractivity contribution < 1.29 is 4.74 Å². The average Bonchev–Trinajstić information content (AvgIpc) is 2.02. The Labute approximate surface area is 81.2 Å². The highest BCUT2D eigenvalue weighted by Gasteiger charge is 2.04. The maximum absolute atomic E-state index is 7.15. The van der Waals surface area contributed by atoms with E-state index in [1.165, 1.54) is 6.42 Å². The van der Waals surface area contributed by atoms with Crippen LogP contribution in [0, 0.1) is 17.2 Å². The Bertz CT molecular complexity index is 146. The van der Waals surface area contributed by atoms with Gasteiger partial charge in [0.15, 0.2) is 0 Å². The molecule has 78 valence electrons. The molecule has 0 aliphatic rings. The SMILES string of the molecule is CC(C)CCCOCC(C)C(=N)N. The van der Waals surface area contributed by atoms with Crippen molar-refractivity contribution in [1.82, 2.24) is 0 Å². The van der Waals surface area contributed by atoms with Gasteiger partial charge in [-0.15, -0.1) is 0 Å². The molecule has 0 aromatic rings. The molecule has 0 aliphatic heterocycles. The van der Waals surface area contributed by atoms with E-state index < -0.39 is 0 Å². The number of hydrogen-bond donors (Lipinski definition) is 2. The van der Waals surface area contributed by atoms with Crippen LogP contribution in [0.5, 0.6) is 0 Å². The first-order valence-electron chi connectivity index (χ1n) is 4.95. The molecule has 1 atom stereocenters. The highest BCUT2D eigenvalue weighted by atomic mass is 16.5. The molecule has 0 radical (unpaired) electrons. The molecular weight excluding hydrogens is 164 g/mol. The normalized spacial score (nSPS) is 13.2. The summed E-state index contributed by atoms with van der Waals surface area (Å²) in [4.78, 5) is 0. The van der Waals surface area contributed by atoms with Gasteiger partial charge in [0.1, 0.15) is 0 Å². The molecule has 0 aliphatic carbocycles. The first kappa shape index (κ1) is 12.4. The summed E-state index contributed by atoms with van der Waals surface area (Å²) < 4.78 is 5.39. The van der Waals surface area contributed by atoms with E-state index in [9.17, 15) is 0 Å². The van der Waals surface area contributed by atoms with Crippen molar-refractivity contribution in [3.05, 3.63) is 0 Å². The Hall–Kier alpha value is -0.570. The number of nitrogens with one attached hydrogen (secondary N) is 1. The largest absolute Gasteiger partial charge is 0.387 e. The smallest absolute Gasteiger partial charge is 0.0957 e. The van der Waals surface area contributed by atoms with Crippen molar-refractivity contribution in [1.29, 1.82) is 5.41 Å². The molecule has 3 nitrogen and oxygen atoms in total. The lowest BCUT2D eigenvalue weighted by Gasteiger charge is -2.10. The van der Waals surface area contributed by atoms with Gasteiger partial charge in [-0.1, -0.05) is 20.8 Å². The highest BCUT2D eigenvalue weighted by Crippen LogP contribution is 2.04. The molecule has 0 amide bonds. The van der Waals surface area contributed by atoms with E-state index in [0.717, 1.165) is 18.9 Å². The minimum Gasteiger partial charge on any atom is -0.387 e. The van der Waals surface area contributed by atoms with Crippen LogP contribution in [0.2, 0.25) is 0 Å². The number of nitrogens with two attached hydrogens (primary N) is 1. The summed E-state index contributed by atoms with van der Waals surface area (Å²) >= 11 is 0. The monoisotopic (exact) mass is 186 g/mol. The molecule has 0 rings (SSSR count). The van der Waals surface area contributed by atoms with Crippen molar-refractivity contribution in [3.8, 4) is 0 Å². The lowest BCUT2D eigenvalue weighted by molar-refractivity contribution is 0.115. The highest BCUT2D eigenvalue weighted by molar-refractivity contribution is 5.79. The fraction of sp³-hybridized carbons (Fsp3) is 0.900. The molecule has 0 bridgehead atoms. The summed E-state index contributed by atoms with van der Waals surface area (Å²) in [6.45, 7) is 7.68. The molecule has 0 heterocycles. The quantitative estimate of drug-likeness (QED) is 0.363. The number of amidine groups is 1. The van der Waals surface area contributed by atoms with Gasteiger partial charge < -0.3 is 10.5 Å². The number of ether oxygens (including phenoxy) is 1. The predicted molar refractivity (Wildman–Crippen MR) is 56.0 cm³/mol. The third-order valence-electron chi connectivity index (χ3n) is 1.97. The standard InChI is InChI=1S/C10H22N2O/c1-8(2)5-4-6-13-7-9(3)10(11)12/h8-9H,4-7H2,1-3H3,(H3,11,12). The third kappa shape index (κ3) is 7.78. The maximum atomic E-state index is 7.15. The van der Waals surface area contributed by atoms with Gasteiger partial charge in [0.2, 0.25) is 0 Å². The third-order valence-corrected chi connectivity index (χ3v) is 1.97. The molecule has 0 aromatic carbocycles. The number of rotatable bonds is 7. The Kier molecular flexibility index (Phi) is 6.59. The molecule has 13 heavy (non-hydrogen) atoms. The minimum absolute atomic E-state index is 0.0547. The predicted octanol–water partition coefficient (Wildman–Crippen LogP) is 2.01. The molecular formula is C10H22N2O. The van der Waals surface area contributed by atoms with Crippen LogP contribution in [0.15, 0.2) is 0 Å². The van der Waals surface area contributed by atoms with Crippen molar-refractivity contribution in [2.45, 2.75) is 33.6 Å². The zero-order valence-corrected chi connectivity index (χ0v) is 8.97. The lowest BCUT2D eigenvalue weighted by Crippen LogP contribution is -2.24. The molecule has 1 unspecified atom stereocenters. The minimum atomic E-state index is 0.0547. The Morgan fingerprint density at radius 3 is 2.46 bits per heavy atom. The van der Waals surface area contributed by atoms with E-state index in [2.05, 4.69) is 13.8 Å². The van der Waals surface area contributed by atoms with Crippen LogP contribution >= 0.6 is 0 Å². The van der Waals surface area contributed by atoms with E-state index in [-0.39, 0.29) is 11.8 Å². The topological polar surface area (TPSA) is 59.1 Å². The summed E-state index contributed by atoms with van der Waals surface area (Å²) in [5.74, 6) is 1.01. The van der Waals surface area contributed by atoms with Gasteiger partial charge in [0, 0.05) is 12.5 Å². The first-order chi connectivity index (χ1) is 6.04. The Morgan fingerprint density at radius 1 is 1.38 bits per heavy atom. The molecule has 3 heteroatoms. The van der Waals surface area contributed by atoms with Crippen LogP contribution in [0.4, 0.5) is 0 Å². The van der Waals surface area contributed by atoms with E-state index in [1.54, 1.807) is 0 Å². The van der Waals surface area contributed by atoms with E-state index >= 15 is 0 Å². The molecule has 0 aromatic heterocycles. The Balaban J connectivity index is 3.21. The zero-order chi connectivity index (χ0) is 10.3. The second-order valence-corrected chi connectivity index (χ2v) is 3.97. The van der Waals surface area contributed by atoms with Gasteiger partial charge in [-0.05, 0) is 18.8 Å². The van der Waals surface area contributed by atoms with Gasteiger partial charge in [-0.3, -0.25) is 5.41 Å². The van der Waals surface area contributed by atoms with Crippen LogP contribution in [0.3, 0.4) is 0 Å². The zero-order valence-electron chi connectivity index (χ0n) is 8.97. The molecule has 0 spiro atoms. The van der Waals surface area contributed by atoms with Crippen LogP contribution in [0.25, 0.3) is 0 Å². The lowest BCUT2D eigenvalue weighted by atomic mass is 10.1. The fourth-order valence-corrected chi connectivity index (χ4v) is 0.944. The van der Waals surface area contributed by atoms with E-state index in [1.807, 2.05) is 6.92 Å². The van der Waals surface area contributed by atoms with Gasteiger partial charge >= 0.3 is 0 Å². The van der Waals surface area contributed by atoms with Crippen LogP contribution < -0.4 is 5.73 Å². The molecule has 3 N–H and O–H groups in total. The van der Waals surface area contributed by atoms with Crippen molar-refractivity contribution in [2.75, 3.05) is 13.2 Å². The molecule has 0 saturated heterocycles. The second kappa shape index (κ2) is 6.89. The first-order valence-corrected chi connectivity index (χ1v) is 4.95. The van der Waals surface area contributed by atoms with Gasteiger partial charge in [0.25, 0.3) is 0 Å². The summed E-state index contributed by atoms with van der Waals surface area (Å²) in [5.41, 5.74) is 5.30. The average molecular weight is 186 g/mol. The molecule has 0 fully saturated rings. The van der Waals surface area contributed by atoms with Crippen LogP contribution in [-0.4, -0.2) is 19.0 Å². The summed E-state index contributed by atoms with van der Waals surface area (Å²) in [5, 5.41) is 7.15. The van der Waals surface area contributed by atoms with E-state index in [0.29, 0.717) is 6.61 Å².